The number of rotatable bonds is 0. The van der Waals surface area contributed by atoms with Gasteiger partial charge >= 0.3 is 6.09 Å². The van der Waals surface area contributed by atoms with Crippen molar-refractivity contribution in [3.05, 3.63) is 0 Å². The lowest BCUT2D eigenvalue weighted by molar-refractivity contribution is -0.00869. The predicted molar refractivity (Wildman–Crippen MR) is 54.0 cm³/mol. The molecule has 1 saturated heterocycles. The predicted octanol–water partition coefficient (Wildman–Crippen LogP) is 2.26. The summed E-state index contributed by atoms with van der Waals surface area (Å²) in [6.45, 7) is 9.78. The maximum atomic E-state index is 11.6. The number of likely N-dealkylation sites (tertiary alicyclic amines) is 1. The van der Waals surface area contributed by atoms with Crippen molar-refractivity contribution in [3.63, 3.8) is 0 Å². The van der Waals surface area contributed by atoms with Gasteiger partial charge in [-0.15, -0.1) is 0 Å². The lowest BCUT2D eigenvalue weighted by Crippen LogP contribution is -2.53. The van der Waals surface area contributed by atoms with Crippen molar-refractivity contribution in [2.24, 2.45) is 11.3 Å². The molecule has 0 N–H and O–H groups in total. The number of amides is 1. The van der Waals surface area contributed by atoms with Gasteiger partial charge in [0.2, 0.25) is 0 Å². The number of nitrogens with zero attached hydrogens (tertiary/aromatic N) is 1. The molecule has 2 aliphatic rings. The van der Waals surface area contributed by atoms with Crippen LogP contribution >= 0.6 is 0 Å². The van der Waals surface area contributed by atoms with E-state index in [1.165, 1.54) is 6.42 Å². The van der Waals surface area contributed by atoms with E-state index in [2.05, 4.69) is 6.92 Å². The Balaban J connectivity index is 1.80. The molecule has 0 aromatic carbocycles. The van der Waals surface area contributed by atoms with Gasteiger partial charge in [-0.3, -0.25) is 0 Å². The molecule has 14 heavy (non-hydrogen) atoms. The van der Waals surface area contributed by atoms with Gasteiger partial charge in [0.25, 0.3) is 0 Å². The van der Waals surface area contributed by atoms with Crippen molar-refractivity contribution >= 4 is 6.09 Å². The minimum absolute atomic E-state index is 0.151. The summed E-state index contributed by atoms with van der Waals surface area (Å²) < 4.78 is 5.28. The smallest absolute Gasteiger partial charge is 0.410 e. The van der Waals surface area contributed by atoms with E-state index in [-0.39, 0.29) is 11.7 Å². The Hall–Kier alpha value is -0.730. The third kappa shape index (κ3) is 1.60. The molecule has 0 bridgehead atoms. The summed E-state index contributed by atoms with van der Waals surface area (Å²) in [5.41, 5.74) is 0.117. The Morgan fingerprint density at radius 2 is 1.93 bits per heavy atom. The van der Waals surface area contributed by atoms with Crippen LogP contribution in [-0.2, 0) is 4.74 Å². The van der Waals surface area contributed by atoms with E-state index >= 15 is 0 Å². The molecule has 1 spiro atoms. The number of hydrogen-bond acceptors (Lipinski definition) is 2. The summed E-state index contributed by atoms with van der Waals surface area (Å²) in [4.78, 5) is 13.4. The SMILES string of the molecule is C[C@@H]1CC12CN(C(=O)OC(C)(C)C)C2. The highest BCUT2D eigenvalue weighted by atomic mass is 16.6. The second-order valence-electron chi connectivity index (χ2n) is 5.80. The zero-order valence-corrected chi connectivity index (χ0v) is 9.46. The molecule has 2 rings (SSSR count). The second kappa shape index (κ2) is 2.65. The van der Waals surface area contributed by atoms with E-state index in [4.69, 9.17) is 4.74 Å². The van der Waals surface area contributed by atoms with Crippen LogP contribution < -0.4 is 0 Å². The van der Waals surface area contributed by atoms with E-state index < -0.39 is 0 Å². The molecule has 1 aliphatic heterocycles. The quantitative estimate of drug-likeness (QED) is 0.596. The van der Waals surface area contributed by atoms with Gasteiger partial charge < -0.3 is 9.64 Å². The molecule has 1 heterocycles. The molecule has 3 heteroatoms. The summed E-state index contributed by atoms with van der Waals surface area (Å²) in [5, 5.41) is 0. The maximum Gasteiger partial charge on any atom is 0.410 e. The van der Waals surface area contributed by atoms with E-state index in [9.17, 15) is 4.79 Å². The van der Waals surface area contributed by atoms with Crippen LogP contribution in [0.1, 0.15) is 34.1 Å². The van der Waals surface area contributed by atoms with Crippen molar-refractivity contribution in [3.8, 4) is 0 Å². The molecular weight excluding hydrogens is 178 g/mol. The Kier molecular flexibility index (Phi) is 1.85. The van der Waals surface area contributed by atoms with Crippen LogP contribution in [0.5, 0.6) is 0 Å². The molecule has 1 amide bonds. The Morgan fingerprint density at radius 3 is 2.29 bits per heavy atom. The first-order valence-electron chi connectivity index (χ1n) is 5.30. The van der Waals surface area contributed by atoms with Crippen molar-refractivity contribution < 1.29 is 9.53 Å². The summed E-state index contributed by atoms with van der Waals surface area (Å²) >= 11 is 0. The first kappa shape index (κ1) is 9.81. The van der Waals surface area contributed by atoms with Crippen molar-refractivity contribution in [2.45, 2.75) is 39.7 Å². The summed E-state index contributed by atoms with van der Waals surface area (Å²) in [6, 6.07) is 0. The summed E-state index contributed by atoms with van der Waals surface area (Å²) in [6.07, 6.45) is 1.13. The Bertz CT molecular complexity index is 261. The highest BCUT2D eigenvalue weighted by Crippen LogP contribution is 2.58. The van der Waals surface area contributed by atoms with E-state index in [1.54, 1.807) is 0 Å². The van der Waals surface area contributed by atoms with E-state index in [0.29, 0.717) is 5.41 Å². The normalized spacial score (nSPS) is 28.6. The monoisotopic (exact) mass is 197 g/mol. The van der Waals surface area contributed by atoms with Crippen LogP contribution in [0, 0.1) is 11.3 Å². The lowest BCUT2D eigenvalue weighted by Gasteiger charge is -2.41. The zero-order valence-electron chi connectivity index (χ0n) is 9.46. The van der Waals surface area contributed by atoms with Gasteiger partial charge in [-0.2, -0.15) is 0 Å². The van der Waals surface area contributed by atoms with Crippen LogP contribution in [0.2, 0.25) is 0 Å². The molecule has 0 radical (unpaired) electrons. The number of carbonyl (C=O) groups is 1. The molecule has 80 valence electrons. The highest BCUT2D eigenvalue weighted by Gasteiger charge is 2.60. The molecule has 0 aromatic heterocycles. The Labute approximate surface area is 85.4 Å². The summed E-state index contributed by atoms with van der Waals surface area (Å²) in [5.74, 6) is 0.807. The minimum atomic E-state index is -0.366. The third-order valence-corrected chi connectivity index (χ3v) is 3.26. The van der Waals surface area contributed by atoms with Crippen LogP contribution in [0.3, 0.4) is 0 Å². The van der Waals surface area contributed by atoms with Gasteiger partial charge in [-0.1, -0.05) is 6.92 Å². The van der Waals surface area contributed by atoms with Crippen LogP contribution in [-0.4, -0.2) is 29.7 Å². The fourth-order valence-corrected chi connectivity index (χ4v) is 2.16. The van der Waals surface area contributed by atoms with Crippen molar-refractivity contribution in [2.75, 3.05) is 13.1 Å². The van der Waals surface area contributed by atoms with Gasteiger partial charge in [0.05, 0.1) is 0 Å². The topological polar surface area (TPSA) is 29.5 Å². The fourth-order valence-electron chi connectivity index (χ4n) is 2.16. The summed E-state index contributed by atoms with van der Waals surface area (Å²) in [7, 11) is 0. The largest absolute Gasteiger partial charge is 0.444 e. The van der Waals surface area contributed by atoms with Crippen LogP contribution in [0.4, 0.5) is 4.79 Å². The average Bonchev–Trinajstić information content (AvgIpc) is 2.53. The fraction of sp³-hybridized carbons (Fsp3) is 0.909. The number of hydrogen-bond donors (Lipinski definition) is 0. The van der Waals surface area contributed by atoms with Crippen molar-refractivity contribution in [1.29, 1.82) is 0 Å². The average molecular weight is 197 g/mol. The Morgan fingerprint density at radius 1 is 1.43 bits per heavy atom. The second-order valence-corrected chi connectivity index (χ2v) is 5.80. The molecule has 2 fully saturated rings. The molecular formula is C11H19NO2. The standard InChI is InChI=1S/C11H19NO2/c1-8-5-11(8)6-12(7-11)9(13)14-10(2,3)4/h8H,5-7H2,1-4H3/t8-/m1/s1. The molecule has 0 unspecified atom stereocenters. The molecule has 1 aliphatic carbocycles. The van der Waals surface area contributed by atoms with Crippen LogP contribution in [0.15, 0.2) is 0 Å². The van der Waals surface area contributed by atoms with Crippen molar-refractivity contribution in [1.82, 2.24) is 4.90 Å². The highest BCUT2D eigenvalue weighted by molar-refractivity contribution is 5.69. The van der Waals surface area contributed by atoms with Gasteiger partial charge in [0.15, 0.2) is 0 Å². The third-order valence-electron chi connectivity index (χ3n) is 3.26. The zero-order chi connectivity index (χ0) is 10.6. The number of ether oxygens (including phenoxy) is 1. The van der Waals surface area contributed by atoms with Crippen LogP contribution in [0.25, 0.3) is 0 Å². The molecule has 1 saturated carbocycles. The van der Waals surface area contributed by atoms with Gasteiger partial charge in [-0.05, 0) is 33.1 Å². The maximum absolute atomic E-state index is 11.6. The molecule has 0 aromatic rings. The van der Waals surface area contributed by atoms with Gasteiger partial charge in [-0.25, -0.2) is 4.79 Å². The minimum Gasteiger partial charge on any atom is -0.444 e. The number of carbonyl (C=O) groups excluding carboxylic acids is 1. The van der Waals surface area contributed by atoms with Gasteiger partial charge in [0.1, 0.15) is 5.60 Å². The first-order valence-corrected chi connectivity index (χ1v) is 5.30. The molecule has 3 nitrogen and oxygen atoms in total. The van der Waals surface area contributed by atoms with E-state index in [1.807, 2.05) is 25.7 Å². The lowest BCUT2D eigenvalue weighted by atomic mass is 9.95. The first-order chi connectivity index (χ1) is 6.32. The van der Waals surface area contributed by atoms with Gasteiger partial charge in [0, 0.05) is 18.5 Å². The van der Waals surface area contributed by atoms with E-state index in [0.717, 1.165) is 19.0 Å². The molecule has 1 atom stereocenters.